The van der Waals surface area contributed by atoms with Gasteiger partial charge in [0.15, 0.2) is 0 Å². The monoisotopic (exact) mass is 405 g/mol. The minimum absolute atomic E-state index is 0.381. The number of aryl methyl sites for hydroxylation is 1. The van der Waals surface area contributed by atoms with Gasteiger partial charge in [-0.3, -0.25) is 0 Å². The van der Waals surface area contributed by atoms with E-state index < -0.39 is 0 Å². The van der Waals surface area contributed by atoms with Gasteiger partial charge in [-0.2, -0.15) is 0 Å². The minimum Gasteiger partial charge on any atom is -0.373 e. The second kappa shape index (κ2) is 7.07. The average molecular weight is 407 g/mol. The molecule has 0 saturated heterocycles. The number of hydrogen-bond donors (Lipinski definition) is 0. The molecule has 0 radical (unpaired) electrons. The van der Waals surface area contributed by atoms with Gasteiger partial charge >= 0.3 is 0 Å². The largest absolute Gasteiger partial charge is 0.373 e. The third kappa shape index (κ3) is 3.35. The Morgan fingerprint density at radius 3 is 2.75 bits per heavy atom. The van der Waals surface area contributed by atoms with Gasteiger partial charge in [0.05, 0.1) is 18.4 Å². The molecule has 1 heterocycles. The Balaban J connectivity index is 1.38. The number of hydrogen-bond acceptors (Lipinski definition) is 2. The van der Waals surface area contributed by atoms with Crippen LogP contribution in [-0.2, 0) is 17.8 Å². The van der Waals surface area contributed by atoms with Gasteiger partial charge in [0, 0.05) is 22.1 Å². The highest BCUT2D eigenvalue weighted by Crippen LogP contribution is 2.42. The van der Waals surface area contributed by atoms with Gasteiger partial charge in [0.25, 0.3) is 0 Å². The molecule has 4 heteroatoms. The standard InChI is InChI=1S/C20H21BrClNO/c21-19-10-16(22)9-15-7-4-8-23(20(15)19)17-11-18(12-17)24-13-14-5-2-1-3-6-14/h1-3,5-6,9-10,17-18H,4,7-8,11-13H2. The van der Waals surface area contributed by atoms with Crippen molar-refractivity contribution in [2.45, 2.75) is 44.4 Å². The number of halogens is 2. The zero-order valence-corrected chi connectivity index (χ0v) is 15.9. The molecule has 1 saturated carbocycles. The van der Waals surface area contributed by atoms with Crippen molar-refractivity contribution in [3.8, 4) is 0 Å². The first kappa shape index (κ1) is 16.4. The molecule has 0 atom stereocenters. The molecule has 0 N–H and O–H groups in total. The number of anilines is 1. The van der Waals surface area contributed by atoms with E-state index in [0.717, 1.165) is 35.3 Å². The highest BCUT2D eigenvalue weighted by atomic mass is 79.9. The van der Waals surface area contributed by atoms with Gasteiger partial charge in [-0.15, -0.1) is 0 Å². The van der Waals surface area contributed by atoms with Crippen molar-refractivity contribution in [2.24, 2.45) is 0 Å². The summed E-state index contributed by atoms with van der Waals surface area (Å²) < 4.78 is 7.19. The number of nitrogens with zero attached hydrogens (tertiary/aromatic N) is 1. The fraction of sp³-hybridized carbons (Fsp3) is 0.400. The highest BCUT2D eigenvalue weighted by molar-refractivity contribution is 9.10. The lowest BCUT2D eigenvalue weighted by molar-refractivity contribution is -0.0208. The molecule has 1 aliphatic heterocycles. The van der Waals surface area contributed by atoms with E-state index in [9.17, 15) is 0 Å². The first-order valence-electron chi connectivity index (χ1n) is 8.61. The minimum atomic E-state index is 0.381. The third-order valence-electron chi connectivity index (χ3n) is 5.08. The highest BCUT2D eigenvalue weighted by Gasteiger charge is 2.37. The molecule has 0 bridgehead atoms. The molecule has 1 aliphatic carbocycles. The Hall–Kier alpha value is -1.03. The van der Waals surface area contributed by atoms with Crippen LogP contribution in [0.25, 0.3) is 0 Å². The normalized spacial score (nSPS) is 22.8. The SMILES string of the molecule is Clc1cc(Br)c2c(c1)CCCN2C1CC(OCc2ccccc2)C1. The van der Waals surface area contributed by atoms with Crippen molar-refractivity contribution in [1.82, 2.24) is 0 Å². The zero-order valence-electron chi connectivity index (χ0n) is 13.6. The lowest BCUT2D eigenvalue weighted by Crippen LogP contribution is -2.50. The zero-order chi connectivity index (χ0) is 16.5. The molecule has 2 aromatic rings. The van der Waals surface area contributed by atoms with Crippen LogP contribution in [0.5, 0.6) is 0 Å². The molecule has 0 aromatic heterocycles. The average Bonchev–Trinajstić information content (AvgIpc) is 2.54. The lowest BCUT2D eigenvalue weighted by atomic mass is 9.85. The van der Waals surface area contributed by atoms with Crippen LogP contribution >= 0.6 is 27.5 Å². The van der Waals surface area contributed by atoms with Crippen molar-refractivity contribution in [3.63, 3.8) is 0 Å². The van der Waals surface area contributed by atoms with E-state index in [1.807, 2.05) is 12.1 Å². The van der Waals surface area contributed by atoms with Crippen LogP contribution in [0.15, 0.2) is 46.9 Å². The molecule has 0 unspecified atom stereocenters. The fourth-order valence-electron chi connectivity index (χ4n) is 3.77. The van der Waals surface area contributed by atoms with Crippen LogP contribution in [0.4, 0.5) is 5.69 Å². The Morgan fingerprint density at radius 2 is 1.96 bits per heavy atom. The van der Waals surface area contributed by atoms with Crippen LogP contribution in [0, 0.1) is 0 Å². The second-order valence-corrected chi connectivity index (χ2v) is 8.03. The van der Waals surface area contributed by atoms with Crippen LogP contribution < -0.4 is 4.90 Å². The van der Waals surface area contributed by atoms with Gasteiger partial charge in [-0.1, -0.05) is 41.9 Å². The van der Waals surface area contributed by atoms with E-state index in [-0.39, 0.29) is 0 Å². The summed E-state index contributed by atoms with van der Waals surface area (Å²) in [6.07, 6.45) is 4.92. The van der Waals surface area contributed by atoms with Crippen molar-refractivity contribution >= 4 is 33.2 Å². The second-order valence-electron chi connectivity index (χ2n) is 6.74. The van der Waals surface area contributed by atoms with Crippen molar-refractivity contribution in [2.75, 3.05) is 11.4 Å². The maximum absolute atomic E-state index is 6.21. The summed E-state index contributed by atoms with van der Waals surface area (Å²) in [6.45, 7) is 1.84. The Kier molecular flexibility index (Phi) is 4.84. The molecular weight excluding hydrogens is 386 g/mol. The maximum Gasteiger partial charge on any atom is 0.0720 e. The van der Waals surface area contributed by atoms with E-state index in [2.05, 4.69) is 51.2 Å². The Bertz CT molecular complexity index is 715. The number of benzene rings is 2. The van der Waals surface area contributed by atoms with Crippen molar-refractivity contribution in [3.05, 3.63) is 63.1 Å². The van der Waals surface area contributed by atoms with Gasteiger partial charge in [0.1, 0.15) is 0 Å². The van der Waals surface area contributed by atoms with Crippen LogP contribution in [0.3, 0.4) is 0 Å². The van der Waals surface area contributed by atoms with Gasteiger partial charge in [0.2, 0.25) is 0 Å². The summed E-state index contributed by atoms with van der Waals surface area (Å²) >= 11 is 9.93. The summed E-state index contributed by atoms with van der Waals surface area (Å²) in [5, 5.41) is 0.820. The van der Waals surface area contributed by atoms with E-state index in [1.54, 1.807) is 0 Å². The molecule has 2 nitrogen and oxygen atoms in total. The first-order valence-corrected chi connectivity index (χ1v) is 9.78. The first-order chi connectivity index (χ1) is 11.7. The number of rotatable bonds is 4. The van der Waals surface area contributed by atoms with Crippen LogP contribution in [-0.4, -0.2) is 18.7 Å². The predicted molar refractivity (Wildman–Crippen MR) is 103 cm³/mol. The van der Waals surface area contributed by atoms with Crippen molar-refractivity contribution in [1.29, 1.82) is 0 Å². The molecule has 2 aliphatic rings. The molecule has 24 heavy (non-hydrogen) atoms. The smallest absolute Gasteiger partial charge is 0.0720 e. The Labute approximate surface area is 156 Å². The van der Waals surface area contributed by atoms with Crippen molar-refractivity contribution < 1.29 is 4.74 Å². The molecule has 1 fully saturated rings. The van der Waals surface area contributed by atoms with E-state index in [1.165, 1.54) is 23.2 Å². The summed E-state index contributed by atoms with van der Waals surface area (Å²) in [5.41, 5.74) is 3.97. The lowest BCUT2D eigenvalue weighted by Gasteiger charge is -2.46. The Morgan fingerprint density at radius 1 is 1.17 bits per heavy atom. The summed E-state index contributed by atoms with van der Waals surface area (Å²) in [7, 11) is 0. The van der Waals surface area contributed by atoms with E-state index in [0.29, 0.717) is 18.8 Å². The summed E-state index contributed by atoms with van der Waals surface area (Å²) in [4.78, 5) is 2.56. The predicted octanol–water partition coefficient (Wildman–Crippen LogP) is 5.60. The van der Waals surface area contributed by atoms with Gasteiger partial charge in [-0.25, -0.2) is 0 Å². The third-order valence-corrected chi connectivity index (χ3v) is 5.90. The molecule has 0 amide bonds. The van der Waals surface area contributed by atoms with Gasteiger partial charge in [-0.05, 0) is 64.9 Å². The molecular formula is C20H21BrClNO. The summed E-state index contributed by atoms with van der Waals surface area (Å²) in [6, 6.07) is 15.1. The number of fused-ring (bicyclic) bond motifs is 1. The molecule has 0 spiro atoms. The molecule has 2 aromatic carbocycles. The molecule has 4 rings (SSSR count). The maximum atomic E-state index is 6.21. The summed E-state index contributed by atoms with van der Waals surface area (Å²) in [5.74, 6) is 0. The van der Waals surface area contributed by atoms with Crippen LogP contribution in [0.1, 0.15) is 30.4 Å². The van der Waals surface area contributed by atoms with Crippen LogP contribution in [0.2, 0.25) is 5.02 Å². The fourth-order valence-corrected chi connectivity index (χ4v) is 4.87. The van der Waals surface area contributed by atoms with Gasteiger partial charge < -0.3 is 9.64 Å². The quantitative estimate of drug-likeness (QED) is 0.655. The molecule has 126 valence electrons. The van der Waals surface area contributed by atoms with E-state index in [4.69, 9.17) is 16.3 Å². The number of ether oxygens (including phenoxy) is 1. The van der Waals surface area contributed by atoms with E-state index >= 15 is 0 Å². The topological polar surface area (TPSA) is 12.5 Å².